The summed E-state index contributed by atoms with van der Waals surface area (Å²) in [6.07, 6.45) is -6.04. The van der Waals surface area contributed by atoms with Gasteiger partial charge in [0.15, 0.2) is 0 Å². The topological polar surface area (TPSA) is 61.8 Å². The maximum Gasteiger partial charge on any atom is 0.438 e. The second-order valence-corrected chi connectivity index (χ2v) is 4.75. The molecule has 2 rings (SSSR count). The number of alkyl halides is 5. The minimum Gasteiger partial charge on any atom is -0.435 e. The number of halogens is 5. The van der Waals surface area contributed by atoms with Gasteiger partial charge in [-0.15, -0.1) is 0 Å². The summed E-state index contributed by atoms with van der Waals surface area (Å²) in [5.41, 5.74) is -1.85. The standard InChI is InChI=1S/C13H11F5N2O3/c1-7-6-12(22,13(16,17)18)20(19-7)10(21)8-2-4-9(5-3-8)23-11(14)15/h2-5,11,19,22H,1,6H2. The van der Waals surface area contributed by atoms with Crippen molar-refractivity contribution in [3.8, 4) is 5.75 Å². The van der Waals surface area contributed by atoms with Crippen LogP contribution in [0.3, 0.4) is 0 Å². The first-order valence-corrected chi connectivity index (χ1v) is 6.17. The fraction of sp³-hybridized carbons (Fsp3) is 0.308. The molecule has 1 aliphatic heterocycles. The summed E-state index contributed by atoms with van der Waals surface area (Å²) in [4.78, 5) is 12.2. The van der Waals surface area contributed by atoms with Gasteiger partial charge in [0.1, 0.15) is 5.75 Å². The summed E-state index contributed by atoms with van der Waals surface area (Å²) in [6.45, 7) is 0.194. The maximum atomic E-state index is 13.0. The van der Waals surface area contributed by atoms with Crippen molar-refractivity contribution >= 4 is 5.91 Å². The van der Waals surface area contributed by atoms with E-state index in [1.165, 1.54) is 0 Å². The number of nitrogens with one attached hydrogen (secondary N) is 1. The van der Waals surface area contributed by atoms with Crippen molar-refractivity contribution in [3.63, 3.8) is 0 Å². The Labute approximate surface area is 126 Å². The monoisotopic (exact) mass is 338 g/mol. The summed E-state index contributed by atoms with van der Waals surface area (Å²) in [5.74, 6) is -1.46. The number of rotatable bonds is 3. The Balaban J connectivity index is 2.26. The van der Waals surface area contributed by atoms with Crippen LogP contribution >= 0.6 is 0 Å². The average Bonchev–Trinajstić information content (AvgIpc) is 2.74. The Hall–Kier alpha value is -2.36. The van der Waals surface area contributed by atoms with Crippen LogP contribution in [0.4, 0.5) is 22.0 Å². The van der Waals surface area contributed by atoms with E-state index in [0.717, 1.165) is 24.3 Å². The van der Waals surface area contributed by atoms with E-state index in [4.69, 9.17) is 0 Å². The van der Waals surface area contributed by atoms with E-state index >= 15 is 0 Å². The zero-order valence-electron chi connectivity index (χ0n) is 11.4. The zero-order chi connectivity index (χ0) is 17.4. The van der Waals surface area contributed by atoms with Crippen LogP contribution in [-0.2, 0) is 0 Å². The minimum atomic E-state index is -5.12. The lowest BCUT2D eigenvalue weighted by atomic mass is 10.1. The fourth-order valence-corrected chi connectivity index (χ4v) is 2.02. The van der Waals surface area contributed by atoms with Crippen molar-refractivity contribution in [1.29, 1.82) is 0 Å². The highest BCUT2D eigenvalue weighted by Crippen LogP contribution is 2.41. The zero-order valence-corrected chi connectivity index (χ0v) is 11.4. The van der Waals surface area contributed by atoms with Gasteiger partial charge in [-0.3, -0.25) is 10.2 Å². The molecule has 1 aromatic carbocycles. The van der Waals surface area contributed by atoms with Gasteiger partial charge in [0.2, 0.25) is 0 Å². The molecule has 1 saturated heterocycles. The molecule has 0 saturated carbocycles. The average molecular weight is 338 g/mol. The van der Waals surface area contributed by atoms with Crippen molar-refractivity contribution in [2.45, 2.75) is 24.9 Å². The first-order valence-electron chi connectivity index (χ1n) is 6.17. The molecule has 126 valence electrons. The van der Waals surface area contributed by atoms with Gasteiger partial charge in [-0.2, -0.15) is 22.0 Å². The van der Waals surface area contributed by atoms with Gasteiger partial charge in [-0.05, 0) is 24.3 Å². The molecule has 5 nitrogen and oxygen atoms in total. The van der Waals surface area contributed by atoms with E-state index in [9.17, 15) is 31.9 Å². The highest BCUT2D eigenvalue weighted by Gasteiger charge is 2.63. The number of ether oxygens (including phenoxy) is 1. The molecule has 1 heterocycles. The molecule has 0 aliphatic carbocycles. The molecule has 1 fully saturated rings. The van der Waals surface area contributed by atoms with Crippen LogP contribution in [0.15, 0.2) is 36.5 Å². The van der Waals surface area contributed by atoms with Gasteiger partial charge in [-0.25, -0.2) is 5.01 Å². The highest BCUT2D eigenvalue weighted by molar-refractivity contribution is 5.94. The first kappa shape index (κ1) is 17.0. The molecule has 1 aromatic rings. The summed E-state index contributed by atoms with van der Waals surface area (Å²) in [7, 11) is 0. The summed E-state index contributed by atoms with van der Waals surface area (Å²) in [5, 5.41) is 9.81. The third-order valence-electron chi connectivity index (χ3n) is 3.08. The molecular weight excluding hydrogens is 327 g/mol. The van der Waals surface area contributed by atoms with Gasteiger partial charge < -0.3 is 9.84 Å². The van der Waals surface area contributed by atoms with Gasteiger partial charge in [-0.1, -0.05) is 6.58 Å². The van der Waals surface area contributed by atoms with Crippen LogP contribution in [-0.4, -0.2) is 34.5 Å². The van der Waals surface area contributed by atoms with Gasteiger partial charge >= 0.3 is 12.8 Å². The normalized spacial score (nSPS) is 21.5. The van der Waals surface area contributed by atoms with E-state index in [0.29, 0.717) is 0 Å². The number of nitrogens with zero attached hydrogens (tertiary/aromatic N) is 1. The number of hydrogen-bond acceptors (Lipinski definition) is 4. The lowest BCUT2D eigenvalue weighted by molar-refractivity contribution is -0.299. The maximum absolute atomic E-state index is 13.0. The SMILES string of the molecule is C=C1CC(O)(C(F)(F)F)N(C(=O)c2ccc(OC(F)F)cc2)N1. The molecule has 2 N–H and O–H groups in total. The molecule has 1 atom stereocenters. The third kappa shape index (κ3) is 3.21. The van der Waals surface area contributed by atoms with Crippen LogP contribution in [0.1, 0.15) is 16.8 Å². The molecule has 1 amide bonds. The van der Waals surface area contributed by atoms with Crippen molar-refractivity contribution in [2.75, 3.05) is 0 Å². The Morgan fingerprint density at radius 1 is 1.35 bits per heavy atom. The van der Waals surface area contributed by atoms with E-state index in [2.05, 4.69) is 16.7 Å². The minimum absolute atomic E-state index is 0.0122. The molecule has 23 heavy (non-hydrogen) atoms. The number of hydrogen-bond donors (Lipinski definition) is 2. The number of benzene rings is 1. The lowest BCUT2D eigenvalue weighted by Crippen LogP contribution is -2.59. The van der Waals surface area contributed by atoms with Crippen molar-refractivity contribution in [2.24, 2.45) is 0 Å². The van der Waals surface area contributed by atoms with Crippen LogP contribution in [0.5, 0.6) is 5.75 Å². The van der Waals surface area contributed by atoms with E-state index in [1.807, 2.05) is 0 Å². The number of amides is 1. The van der Waals surface area contributed by atoms with Gasteiger partial charge in [0, 0.05) is 17.7 Å². The second-order valence-electron chi connectivity index (χ2n) is 4.75. The van der Waals surface area contributed by atoms with E-state index in [-0.39, 0.29) is 22.0 Å². The van der Waals surface area contributed by atoms with Crippen LogP contribution in [0.2, 0.25) is 0 Å². The summed E-state index contributed by atoms with van der Waals surface area (Å²) >= 11 is 0. The fourth-order valence-electron chi connectivity index (χ4n) is 2.02. The Kier molecular flexibility index (Phi) is 4.20. The Morgan fingerprint density at radius 3 is 2.39 bits per heavy atom. The lowest BCUT2D eigenvalue weighted by Gasteiger charge is -2.33. The molecule has 0 aromatic heterocycles. The third-order valence-corrected chi connectivity index (χ3v) is 3.08. The van der Waals surface area contributed by atoms with E-state index < -0.39 is 30.8 Å². The molecular formula is C13H11F5N2O3. The second kappa shape index (κ2) is 5.69. The van der Waals surface area contributed by atoms with Gasteiger partial charge in [0.05, 0.1) is 0 Å². The predicted molar refractivity (Wildman–Crippen MR) is 67.1 cm³/mol. The summed E-state index contributed by atoms with van der Waals surface area (Å²) in [6, 6.07) is 3.99. The molecule has 1 unspecified atom stereocenters. The molecule has 1 aliphatic rings. The van der Waals surface area contributed by atoms with Gasteiger partial charge in [0.25, 0.3) is 11.6 Å². The molecule has 0 spiro atoms. The Morgan fingerprint density at radius 2 is 1.91 bits per heavy atom. The first-order chi connectivity index (χ1) is 10.5. The molecule has 0 bridgehead atoms. The number of aliphatic hydroxyl groups is 1. The predicted octanol–water partition coefficient (Wildman–Crippen LogP) is 2.40. The molecule has 0 radical (unpaired) electrons. The quantitative estimate of drug-likeness (QED) is 0.831. The van der Waals surface area contributed by atoms with Crippen molar-refractivity contribution in [3.05, 3.63) is 42.1 Å². The largest absolute Gasteiger partial charge is 0.438 e. The van der Waals surface area contributed by atoms with Crippen LogP contribution in [0.25, 0.3) is 0 Å². The smallest absolute Gasteiger partial charge is 0.435 e. The van der Waals surface area contributed by atoms with Crippen LogP contribution < -0.4 is 10.2 Å². The van der Waals surface area contributed by atoms with E-state index in [1.54, 1.807) is 0 Å². The van der Waals surface area contributed by atoms with Crippen LogP contribution in [0, 0.1) is 0 Å². The molecule has 10 heteroatoms. The summed E-state index contributed by atoms with van der Waals surface area (Å²) < 4.78 is 67.2. The highest BCUT2D eigenvalue weighted by atomic mass is 19.4. The van der Waals surface area contributed by atoms with Crippen molar-refractivity contribution < 1.29 is 36.6 Å². The number of carbonyl (C=O) groups excluding carboxylic acids is 1. The Bertz CT molecular complexity index is 617. The number of hydrazine groups is 1. The number of carbonyl (C=O) groups is 1. The van der Waals surface area contributed by atoms with Crippen molar-refractivity contribution in [1.82, 2.24) is 10.4 Å².